The van der Waals surface area contributed by atoms with Gasteiger partial charge in [0.05, 0.1) is 16.9 Å². The summed E-state index contributed by atoms with van der Waals surface area (Å²) >= 11 is 14.3. The van der Waals surface area contributed by atoms with E-state index in [2.05, 4.69) is 81.0 Å². The van der Waals surface area contributed by atoms with Crippen molar-refractivity contribution in [3.8, 4) is 22.6 Å². The fourth-order valence-corrected chi connectivity index (χ4v) is 13.9. The summed E-state index contributed by atoms with van der Waals surface area (Å²) in [5, 5.41) is 39.0. The number of fused-ring (bicyclic) bond motifs is 2. The SMILES string of the molecule is Oc1ccc2cc(/C=C/C3=CSC(=C4SC=CS4)S3)ccc2c1-c1c(O)ccc2cc(/C=C/C3=CSC(=C4SC=CS4)S3)ccc12. The molecule has 4 heterocycles. The largest absolute Gasteiger partial charge is 0.507 e. The second-order valence-corrected chi connectivity index (χ2v) is 18.8. The molecule has 0 fully saturated rings. The first kappa shape index (κ1) is 31.0. The smallest absolute Gasteiger partial charge is 0.124 e. The molecule has 10 heteroatoms. The molecule has 46 heavy (non-hydrogen) atoms. The maximum Gasteiger partial charge on any atom is 0.124 e. The van der Waals surface area contributed by atoms with Gasteiger partial charge in [-0.05, 0) is 102 Å². The van der Waals surface area contributed by atoms with Gasteiger partial charge >= 0.3 is 0 Å². The lowest BCUT2D eigenvalue weighted by atomic mass is 9.91. The van der Waals surface area contributed by atoms with Gasteiger partial charge < -0.3 is 10.2 Å². The average molecular weight is 743 g/mol. The third-order valence-electron chi connectivity index (χ3n) is 7.30. The lowest BCUT2D eigenvalue weighted by molar-refractivity contribution is 0.470. The van der Waals surface area contributed by atoms with E-state index in [-0.39, 0.29) is 11.5 Å². The lowest BCUT2D eigenvalue weighted by Crippen LogP contribution is -1.88. The van der Waals surface area contributed by atoms with Gasteiger partial charge in [0, 0.05) is 20.9 Å². The number of phenolic OH excluding ortho intramolecular Hbond substituents is 2. The number of thioether (sulfide) groups is 8. The van der Waals surface area contributed by atoms with Crippen molar-refractivity contribution < 1.29 is 10.2 Å². The maximum atomic E-state index is 11.2. The van der Waals surface area contributed by atoms with Crippen LogP contribution >= 0.6 is 94.1 Å². The predicted molar refractivity (Wildman–Crippen MR) is 218 cm³/mol. The van der Waals surface area contributed by atoms with Gasteiger partial charge in [0.15, 0.2) is 0 Å². The van der Waals surface area contributed by atoms with Gasteiger partial charge in [-0.25, -0.2) is 0 Å². The molecule has 0 spiro atoms. The van der Waals surface area contributed by atoms with Crippen molar-refractivity contribution in [2.24, 2.45) is 0 Å². The van der Waals surface area contributed by atoms with E-state index in [1.807, 2.05) is 47.8 Å². The highest BCUT2D eigenvalue weighted by Gasteiger charge is 2.20. The standard InChI is InChI=1S/C36H22O2S8/c37-29-11-5-23-17-21(1-7-25-19-43-35(45-25)33-39-13-14-40-33)3-9-27(23)31(29)32-28-10-4-22(18-24(28)6-12-30(32)38)2-8-26-20-44-36(46-26)34-41-15-16-42-34/h1-20,37-38H/b7-1+,8-2+. The van der Waals surface area contributed by atoms with E-state index in [1.165, 1.54) is 26.8 Å². The first-order valence-corrected chi connectivity index (χ1v) is 20.9. The summed E-state index contributed by atoms with van der Waals surface area (Å²) in [6.07, 6.45) is 8.60. The fraction of sp³-hybridized carbons (Fsp3) is 0. The minimum absolute atomic E-state index is 0.145. The Morgan fingerprint density at radius 2 is 0.870 bits per heavy atom. The van der Waals surface area contributed by atoms with Crippen molar-refractivity contribution in [1.82, 2.24) is 0 Å². The van der Waals surface area contributed by atoms with Gasteiger partial charge in [-0.15, -0.1) is 0 Å². The summed E-state index contributed by atoms with van der Waals surface area (Å²) in [4.78, 5) is 2.45. The number of aromatic hydroxyl groups is 2. The number of hydrogen-bond donors (Lipinski definition) is 2. The first-order valence-electron chi connectivity index (χ1n) is 14.0. The highest BCUT2D eigenvalue weighted by molar-refractivity contribution is 8.34. The van der Waals surface area contributed by atoms with Crippen LogP contribution in [0.1, 0.15) is 11.1 Å². The van der Waals surface area contributed by atoms with Crippen molar-refractivity contribution in [2.75, 3.05) is 0 Å². The molecule has 0 atom stereocenters. The maximum absolute atomic E-state index is 11.2. The van der Waals surface area contributed by atoms with E-state index < -0.39 is 0 Å². The van der Waals surface area contributed by atoms with Gasteiger partial charge in [-0.2, -0.15) is 0 Å². The van der Waals surface area contributed by atoms with Crippen LogP contribution in [0.4, 0.5) is 0 Å². The molecule has 4 aromatic carbocycles. The average Bonchev–Trinajstić information content (AvgIpc) is 3.91. The normalized spacial score (nSPS) is 18.1. The van der Waals surface area contributed by atoms with Crippen LogP contribution in [0.2, 0.25) is 0 Å². The Bertz CT molecular complexity index is 2010. The van der Waals surface area contributed by atoms with Crippen LogP contribution < -0.4 is 0 Å². The van der Waals surface area contributed by atoms with E-state index in [0.29, 0.717) is 11.1 Å². The molecule has 0 saturated heterocycles. The van der Waals surface area contributed by atoms with E-state index in [1.54, 1.807) is 82.7 Å². The number of phenols is 2. The van der Waals surface area contributed by atoms with Crippen LogP contribution in [-0.4, -0.2) is 10.2 Å². The van der Waals surface area contributed by atoms with Crippen LogP contribution in [0.5, 0.6) is 11.5 Å². The molecule has 0 aliphatic carbocycles. The van der Waals surface area contributed by atoms with Crippen LogP contribution in [0.3, 0.4) is 0 Å². The minimum atomic E-state index is 0.145. The molecule has 226 valence electrons. The second kappa shape index (κ2) is 13.7. The molecule has 8 rings (SSSR count). The summed E-state index contributed by atoms with van der Waals surface area (Å²) in [6.45, 7) is 0. The highest BCUT2D eigenvalue weighted by Crippen LogP contribution is 2.54. The topological polar surface area (TPSA) is 40.5 Å². The quantitative estimate of drug-likeness (QED) is 0.206. The zero-order valence-corrected chi connectivity index (χ0v) is 30.2. The molecule has 0 unspecified atom stereocenters. The van der Waals surface area contributed by atoms with Gasteiger partial charge in [0.1, 0.15) is 11.5 Å². The molecule has 2 nitrogen and oxygen atoms in total. The van der Waals surface area contributed by atoms with E-state index in [9.17, 15) is 10.2 Å². The lowest BCUT2D eigenvalue weighted by Gasteiger charge is -2.15. The molecular formula is C36H22O2S8. The van der Waals surface area contributed by atoms with Gasteiger partial charge in [0.2, 0.25) is 0 Å². The Kier molecular flexibility index (Phi) is 9.23. The summed E-state index contributed by atoms with van der Waals surface area (Å²) < 4.78 is 5.37. The van der Waals surface area contributed by atoms with E-state index in [4.69, 9.17) is 0 Å². The molecule has 0 radical (unpaired) electrons. The Morgan fingerprint density at radius 1 is 0.435 bits per heavy atom. The van der Waals surface area contributed by atoms with Crippen LogP contribution in [0.15, 0.2) is 132 Å². The van der Waals surface area contributed by atoms with Crippen molar-refractivity contribution in [3.63, 3.8) is 0 Å². The second-order valence-electron chi connectivity index (χ2n) is 10.2. The van der Waals surface area contributed by atoms with Crippen LogP contribution in [-0.2, 0) is 0 Å². The molecule has 0 amide bonds. The van der Waals surface area contributed by atoms with Crippen molar-refractivity contribution >= 4 is 128 Å². The zero-order chi connectivity index (χ0) is 31.0. The van der Waals surface area contributed by atoms with Crippen molar-refractivity contribution in [2.45, 2.75) is 0 Å². The Balaban J connectivity index is 1.07. The number of allylic oxidation sites excluding steroid dienone is 2. The third-order valence-corrected chi connectivity index (χ3v) is 17.3. The highest BCUT2D eigenvalue weighted by atomic mass is 32.2. The number of hydrogen-bond acceptors (Lipinski definition) is 10. The molecule has 2 N–H and O–H groups in total. The predicted octanol–water partition coefficient (Wildman–Crippen LogP) is 13.9. The monoisotopic (exact) mass is 742 g/mol. The van der Waals surface area contributed by atoms with Crippen molar-refractivity contribution in [1.29, 1.82) is 0 Å². The Labute approximate surface area is 301 Å². The van der Waals surface area contributed by atoms with Crippen LogP contribution in [0.25, 0.3) is 44.8 Å². The molecule has 0 saturated carbocycles. The third kappa shape index (κ3) is 6.43. The summed E-state index contributed by atoms with van der Waals surface area (Å²) in [5.41, 5.74) is 3.44. The summed E-state index contributed by atoms with van der Waals surface area (Å²) in [5.74, 6) is 0.289. The van der Waals surface area contributed by atoms with Gasteiger partial charge in [-0.1, -0.05) is 143 Å². The van der Waals surface area contributed by atoms with E-state index in [0.717, 1.165) is 32.7 Å². The summed E-state index contributed by atoms with van der Waals surface area (Å²) in [6, 6.07) is 19.8. The Morgan fingerprint density at radius 3 is 1.30 bits per heavy atom. The number of rotatable bonds is 5. The summed E-state index contributed by atoms with van der Waals surface area (Å²) in [7, 11) is 0. The first-order chi connectivity index (χ1) is 22.6. The molecule has 4 aromatic rings. The fourth-order valence-electron chi connectivity index (χ4n) is 5.23. The molecular weight excluding hydrogens is 721 g/mol. The molecule has 4 aliphatic heterocycles. The van der Waals surface area contributed by atoms with Gasteiger partial charge in [0.25, 0.3) is 0 Å². The van der Waals surface area contributed by atoms with Gasteiger partial charge in [-0.3, -0.25) is 0 Å². The molecule has 0 bridgehead atoms. The number of benzene rings is 4. The molecule has 0 aromatic heterocycles. The van der Waals surface area contributed by atoms with Crippen LogP contribution in [0, 0.1) is 0 Å². The zero-order valence-electron chi connectivity index (χ0n) is 23.7. The van der Waals surface area contributed by atoms with Crippen molar-refractivity contribution in [3.05, 3.63) is 143 Å². The molecule has 4 aliphatic rings. The minimum Gasteiger partial charge on any atom is -0.507 e. The Hall–Kier alpha value is -2.28. The van der Waals surface area contributed by atoms with E-state index >= 15 is 0 Å².